The van der Waals surface area contributed by atoms with Crippen LogP contribution in [-0.2, 0) is 9.59 Å². The lowest BCUT2D eigenvalue weighted by Crippen LogP contribution is -2.32. The molecular formula is C18H21N3O4S. The van der Waals surface area contributed by atoms with Crippen molar-refractivity contribution in [2.75, 3.05) is 32.6 Å². The number of hydrogen-bond acceptors (Lipinski definition) is 5. The van der Waals surface area contributed by atoms with Crippen LogP contribution in [0.25, 0.3) is 0 Å². The van der Waals surface area contributed by atoms with Gasteiger partial charge in [-0.25, -0.2) is 0 Å². The number of amides is 3. The molecule has 26 heavy (non-hydrogen) atoms. The molecule has 0 spiro atoms. The molecule has 0 saturated heterocycles. The fourth-order valence-corrected chi connectivity index (χ4v) is 2.70. The molecule has 2 rings (SSSR count). The van der Waals surface area contributed by atoms with Crippen molar-refractivity contribution in [3.63, 3.8) is 0 Å². The van der Waals surface area contributed by atoms with Crippen LogP contribution >= 0.6 is 11.3 Å². The topological polar surface area (TPSA) is 87.7 Å². The summed E-state index contributed by atoms with van der Waals surface area (Å²) in [5.74, 6) is -0.214. The number of hydrogen-bond donors (Lipinski definition) is 2. The van der Waals surface area contributed by atoms with E-state index in [9.17, 15) is 14.4 Å². The molecular weight excluding hydrogens is 354 g/mol. The second-order valence-electron chi connectivity index (χ2n) is 5.74. The lowest BCUT2D eigenvalue weighted by molar-refractivity contribution is -0.130. The van der Waals surface area contributed by atoms with Crippen molar-refractivity contribution in [3.05, 3.63) is 46.2 Å². The van der Waals surface area contributed by atoms with Crippen LogP contribution in [0, 0.1) is 6.92 Å². The number of ether oxygens (including phenoxy) is 1. The monoisotopic (exact) mass is 375 g/mol. The van der Waals surface area contributed by atoms with E-state index in [1.54, 1.807) is 44.4 Å². The van der Waals surface area contributed by atoms with E-state index in [-0.39, 0.29) is 30.9 Å². The first-order valence-electron chi connectivity index (χ1n) is 7.92. The highest BCUT2D eigenvalue weighted by Crippen LogP contribution is 2.16. The number of anilines is 1. The van der Waals surface area contributed by atoms with E-state index in [1.165, 1.54) is 16.2 Å². The molecule has 138 valence electrons. The highest BCUT2D eigenvalue weighted by atomic mass is 32.1. The Bertz CT molecular complexity index is 784. The largest absolute Gasteiger partial charge is 0.484 e. The van der Waals surface area contributed by atoms with Crippen molar-refractivity contribution >= 4 is 34.7 Å². The molecule has 0 atom stereocenters. The number of carbonyl (C=O) groups is 3. The van der Waals surface area contributed by atoms with Gasteiger partial charge in [-0.1, -0.05) is 0 Å². The summed E-state index contributed by atoms with van der Waals surface area (Å²) in [4.78, 5) is 38.4. The van der Waals surface area contributed by atoms with Gasteiger partial charge in [0.15, 0.2) is 6.61 Å². The molecule has 0 aliphatic carbocycles. The number of nitrogens with zero attached hydrogens (tertiary/aromatic N) is 1. The van der Waals surface area contributed by atoms with Gasteiger partial charge in [0.25, 0.3) is 11.8 Å². The molecule has 2 N–H and O–H groups in total. The zero-order valence-electron chi connectivity index (χ0n) is 14.9. The first kappa shape index (κ1) is 19.5. The zero-order chi connectivity index (χ0) is 19.1. The number of likely N-dealkylation sites (N-methyl/N-ethyl adjacent to an activating group) is 1. The van der Waals surface area contributed by atoms with E-state index in [2.05, 4.69) is 10.6 Å². The summed E-state index contributed by atoms with van der Waals surface area (Å²) in [5, 5.41) is 5.26. The number of thiophene rings is 1. The Morgan fingerprint density at radius 1 is 1.08 bits per heavy atom. The highest BCUT2D eigenvalue weighted by Gasteiger charge is 2.10. The van der Waals surface area contributed by atoms with Crippen molar-refractivity contribution < 1.29 is 19.1 Å². The average molecular weight is 375 g/mol. The van der Waals surface area contributed by atoms with Crippen LogP contribution in [0.3, 0.4) is 0 Å². The number of aryl methyl sites for hydroxylation is 1. The summed E-state index contributed by atoms with van der Waals surface area (Å²) in [5.41, 5.74) is 0.572. The van der Waals surface area contributed by atoms with Gasteiger partial charge >= 0.3 is 0 Å². The van der Waals surface area contributed by atoms with Crippen molar-refractivity contribution in [3.8, 4) is 5.75 Å². The third-order valence-electron chi connectivity index (χ3n) is 3.37. The highest BCUT2D eigenvalue weighted by molar-refractivity contribution is 7.13. The van der Waals surface area contributed by atoms with Gasteiger partial charge in [-0.05, 0) is 43.3 Å². The summed E-state index contributed by atoms with van der Waals surface area (Å²) in [7, 11) is 3.31. The lowest BCUT2D eigenvalue weighted by Gasteiger charge is -2.12. The molecule has 0 fully saturated rings. The fourth-order valence-electron chi connectivity index (χ4n) is 1.92. The molecule has 3 amide bonds. The molecule has 1 heterocycles. The first-order chi connectivity index (χ1) is 12.3. The van der Waals surface area contributed by atoms with Crippen LogP contribution < -0.4 is 15.4 Å². The Balaban J connectivity index is 1.78. The molecule has 0 aliphatic rings. The van der Waals surface area contributed by atoms with Crippen LogP contribution in [0.5, 0.6) is 5.75 Å². The van der Waals surface area contributed by atoms with Crippen LogP contribution in [0.15, 0.2) is 36.4 Å². The molecule has 1 aromatic carbocycles. The Kier molecular flexibility index (Phi) is 6.74. The molecule has 2 aromatic rings. The molecule has 0 radical (unpaired) electrons. The van der Waals surface area contributed by atoms with Gasteiger partial charge in [-0.2, -0.15) is 0 Å². The molecule has 0 aliphatic heterocycles. The van der Waals surface area contributed by atoms with Crippen molar-refractivity contribution in [1.29, 1.82) is 0 Å². The predicted molar refractivity (Wildman–Crippen MR) is 101 cm³/mol. The number of nitrogens with one attached hydrogen (secondary N) is 2. The maximum atomic E-state index is 11.9. The maximum Gasteiger partial charge on any atom is 0.261 e. The van der Waals surface area contributed by atoms with Crippen LogP contribution in [-0.4, -0.2) is 49.9 Å². The van der Waals surface area contributed by atoms with Crippen molar-refractivity contribution in [2.24, 2.45) is 0 Å². The van der Waals surface area contributed by atoms with Gasteiger partial charge in [0.2, 0.25) is 5.91 Å². The Labute approximate surface area is 156 Å². The first-order valence-corrected chi connectivity index (χ1v) is 8.74. The predicted octanol–water partition coefficient (Wildman–Crippen LogP) is 1.89. The minimum absolute atomic E-state index is 0.0487. The second kappa shape index (κ2) is 9.00. The summed E-state index contributed by atoms with van der Waals surface area (Å²) in [6, 6.07) is 10.2. The van der Waals surface area contributed by atoms with E-state index < -0.39 is 0 Å². The normalized spacial score (nSPS) is 10.1. The number of benzene rings is 1. The Morgan fingerprint density at radius 3 is 2.35 bits per heavy atom. The van der Waals surface area contributed by atoms with Gasteiger partial charge in [0, 0.05) is 24.7 Å². The Hall–Kier alpha value is -2.87. The van der Waals surface area contributed by atoms with Crippen LogP contribution in [0.2, 0.25) is 0 Å². The minimum Gasteiger partial charge on any atom is -0.484 e. The standard InChI is InChI=1S/C18H21N3O4S/c1-12-4-9-15(26-12)18(24)19-10-16(22)20-13-5-7-14(8-6-13)25-11-17(23)21(2)3/h4-9H,10-11H2,1-3H3,(H,19,24)(H,20,22). The third kappa shape index (κ3) is 5.89. The van der Waals surface area contributed by atoms with E-state index in [4.69, 9.17) is 4.74 Å². The zero-order valence-corrected chi connectivity index (χ0v) is 15.7. The molecule has 7 nitrogen and oxygen atoms in total. The molecule has 0 saturated carbocycles. The van der Waals surface area contributed by atoms with Gasteiger partial charge in [0.1, 0.15) is 5.75 Å². The van der Waals surface area contributed by atoms with Gasteiger partial charge in [0.05, 0.1) is 11.4 Å². The average Bonchev–Trinajstić information content (AvgIpc) is 3.05. The van der Waals surface area contributed by atoms with Gasteiger partial charge < -0.3 is 20.3 Å². The minimum atomic E-state index is -0.330. The summed E-state index contributed by atoms with van der Waals surface area (Å²) < 4.78 is 5.36. The molecule has 8 heteroatoms. The molecule has 1 aromatic heterocycles. The van der Waals surface area contributed by atoms with E-state index >= 15 is 0 Å². The summed E-state index contributed by atoms with van der Waals surface area (Å²) in [6.45, 7) is 1.75. The quantitative estimate of drug-likeness (QED) is 0.774. The van der Waals surface area contributed by atoms with E-state index in [0.717, 1.165) is 4.88 Å². The van der Waals surface area contributed by atoms with Crippen molar-refractivity contribution in [2.45, 2.75) is 6.92 Å². The third-order valence-corrected chi connectivity index (χ3v) is 4.37. The fraction of sp³-hybridized carbons (Fsp3) is 0.278. The van der Waals surface area contributed by atoms with Gasteiger partial charge in [-0.3, -0.25) is 14.4 Å². The van der Waals surface area contributed by atoms with Crippen LogP contribution in [0.1, 0.15) is 14.5 Å². The number of carbonyl (C=O) groups excluding carboxylic acids is 3. The van der Waals surface area contributed by atoms with Crippen molar-refractivity contribution in [1.82, 2.24) is 10.2 Å². The van der Waals surface area contributed by atoms with Crippen LogP contribution in [0.4, 0.5) is 5.69 Å². The SMILES string of the molecule is Cc1ccc(C(=O)NCC(=O)Nc2ccc(OCC(=O)N(C)C)cc2)s1. The van der Waals surface area contributed by atoms with E-state index in [0.29, 0.717) is 16.3 Å². The molecule has 0 unspecified atom stereocenters. The molecule has 0 bridgehead atoms. The second-order valence-corrected chi connectivity index (χ2v) is 7.03. The smallest absolute Gasteiger partial charge is 0.261 e. The summed E-state index contributed by atoms with van der Waals surface area (Å²) in [6.07, 6.45) is 0. The lowest BCUT2D eigenvalue weighted by atomic mass is 10.3. The Morgan fingerprint density at radius 2 is 1.77 bits per heavy atom. The number of rotatable bonds is 7. The maximum absolute atomic E-state index is 11.9. The van der Waals surface area contributed by atoms with Gasteiger partial charge in [-0.15, -0.1) is 11.3 Å². The van der Waals surface area contributed by atoms with E-state index in [1.807, 2.05) is 13.0 Å². The summed E-state index contributed by atoms with van der Waals surface area (Å²) >= 11 is 1.38.